The third-order valence-electron chi connectivity index (χ3n) is 4.33. The van der Waals surface area contributed by atoms with E-state index in [1.807, 2.05) is 61.7 Å². The Hall–Kier alpha value is -2.99. The van der Waals surface area contributed by atoms with E-state index in [-0.39, 0.29) is 5.91 Å². The van der Waals surface area contributed by atoms with Gasteiger partial charge in [0.1, 0.15) is 5.69 Å². The van der Waals surface area contributed by atoms with Gasteiger partial charge in [-0.2, -0.15) is 0 Å². The van der Waals surface area contributed by atoms with E-state index in [9.17, 15) is 4.79 Å². The summed E-state index contributed by atoms with van der Waals surface area (Å²) in [4.78, 5) is 18.5. The normalized spacial score (nSPS) is 11.0. The fourth-order valence-corrected chi connectivity index (χ4v) is 3.61. The number of hydrogen-bond donors (Lipinski definition) is 1. The van der Waals surface area contributed by atoms with Gasteiger partial charge < -0.3 is 9.84 Å². The van der Waals surface area contributed by atoms with Crippen LogP contribution in [0.5, 0.6) is 0 Å². The molecule has 0 aliphatic carbocycles. The van der Waals surface area contributed by atoms with Crippen LogP contribution in [0, 0.1) is 6.92 Å². The quantitative estimate of drug-likeness (QED) is 0.527. The molecule has 3 heterocycles. The van der Waals surface area contributed by atoms with Crippen molar-refractivity contribution in [1.82, 2.24) is 15.5 Å². The van der Waals surface area contributed by atoms with Gasteiger partial charge in [-0.15, -0.1) is 11.3 Å². The summed E-state index contributed by atoms with van der Waals surface area (Å²) in [6, 6.07) is 13.7. The maximum atomic E-state index is 12.9. The van der Waals surface area contributed by atoms with Crippen molar-refractivity contribution >= 4 is 28.3 Å². The lowest BCUT2D eigenvalue weighted by atomic mass is 10.0. The molecule has 6 heteroatoms. The van der Waals surface area contributed by atoms with Crippen molar-refractivity contribution in [2.75, 3.05) is 6.54 Å². The fourth-order valence-electron chi connectivity index (χ4n) is 2.92. The smallest absolute Gasteiger partial charge is 0.259 e. The molecule has 0 atom stereocenters. The molecule has 0 saturated carbocycles. The number of rotatable bonds is 5. The molecule has 0 aliphatic rings. The number of hydrogen-bond acceptors (Lipinski definition) is 5. The van der Waals surface area contributed by atoms with Crippen molar-refractivity contribution in [3.05, 3.63) is 59.0 Å². The lowest BCUT2D eigenvalue weighted by molar-refractivity contribution is 0.0955. The molecule has 5 nitrogen and oxygen atoms in total. The van der Waals surface area contributed by atoms with Gasteiger partial charge in [0.25, 0.3) is 11.6 Å². The van der Waals surface area contributed by atoms with Gasteiger partial charge in [-0.1, -0.05) is 48.0 Å². The van der Waals surface area contributed by atoms with Gasteiger partial charge in [0, 0.05) is 12.1 Å². The molecule has 1 amide bonds. The minimum absolute atomic E-state index is 0.140. The Labute approximate surface area is 161 Å². The van der Waals surface area contributed by atoms with Crippen molar-refractivity contribution in [2.45, 2.75) is 20.3 Å². The van der Waals surface area contributed by atoms with Gasteiger partial charge in [0.2, 0.25) is 0 Å². The van der Waals surface area contributed by atoms with Crippen LogP contribution in [-0.4, -0.2) is 22.6 Å². The molecular weight excluding hydrogens is 358 g/mol. The van der Waals surface area contributed by atoms with Gasteiger partial charge in [0.15, 0.2) is 0 Å². The summed E-state index contributed by atoms with van der Waals surface area (Å²) < 4.78 is 5.53. The minimum atomic E-state index is -0.140. The van der Waals surface area contributed by atoms with E-state index in [0.29, 0.717) is 34.6 Å². The molecule has 4 rings (SSSR count). The topological polar surface area (TPSA) is 68.0 Å². The summed E-state index contributed by atoms with van der Waals surface area (Å²) in [6.45, 7) is 4.67. The highest BCUT2D eigenvalue weighted by molar-refractivity contribution is 7.13. The number of carbonyl (C=O) groups is 1. The number of benzene rings is 1. The number of aryl methyl sites for hydroxylation is 1. The number of carbonyl (C=O) groups excluding carboxylic acids is 1. The molecule has 1 N–H and O–H groups in total. The summed E-state index contributed by atoms with van der Waals surface area (Å²) in [5.41, 5.74) is 4.31. The number of nitrogens with one attached hydrogen (secondary N) is 1. The number of amides is 1. The Bertz CT molecular complexity index is 1080. The van der Waals surface area contributed by atoms with E-state index in [2.05, 4.69) is 15.5 Å². The average molecular weight is 377 g/mol. The second kappa shape index (κ2) is 7.32. The number of fused-ring (bicyclic) bond motifs is 1. The van der Waals surface area contributed by atoms with Crippen LogP contribution in [0.2, 0.25) is 0 Å². The van der Waals surface area contributed by atoms with Crippen molar-refractivity contribution in [3.8, 4) is 21.8 Å². The van der Waals surface area contributed by atoms with Gasteiger partial charge in [-0.3, -0.25) is 4.79 Å². The first-order valence-electron chi connectivity index (χ1n) is 8.87. The Balaban J connectivity index is 1.91. The molecule has 3 aromatic heterocycles. The first-order valence-corrected chi connectivity index (χ1v) is 9.75. The summed E-state index contributed by atoms with van der Waals surface area (Å²) >= 11 is 1.57. The molecule has 27 heavy (non-hydrogen) atoms. The second-order valence-corrected chi connectivity index (χ2v) is 7.31. The minimum Gasteiger partial charge on any atom is -0.352 e. The van der Waals surface area contributed by atoms with Crippen LogP contribution >= 0.6 is 11.3 Å². The Morgan fingerprint density at radius 2 is 2.04 bits per heavy atom. The molecule has 0 spiro atoms. The molecular formula is C21H19N3O2S. The molecule has 0 fully saturated rings. The van der Waals surface area contributed by atoms with E-state index in [4.69, 9.17) is 4.52 Å². The molecule has 1 aromatic carbocycles. The van der Waals surface area contributed by atoms with Gasteiger partial charge in [-0.25, -0.2) is 4.98 Å². The standard InChI is InChI=1S/C21H19N3O2S/c1-3-10-22-20(25)15-12-16(17-5-4-11-27-17)23-21-18(15)19(24-26-21)14-8-6-13(2)7-9-14/h4-9,11-12H,3,10H2,1-2H3,(H,22,25). The highest BCUT2D eigenvalue weighted by Gasteiger charge is 2.22. The number of thiophene rings is 1. The highest BCUT2D eigenvalue weighted by Crippen LogP contribution is 2.33. The molecule has 0 radical (unpaired) electrons. The third kappa shape index (κ3) is 3.36. The van der Waals surface area contributed by atoms with Crippen LogP contribution < -0.4 is 5.32 Å². The fraction of sp³-hybridized carbons (Fsp3) is 0.190. The molecule has 0 unspecified atom stereocenters. The van der Waals surface area contributed by atoms with Gasteiger partial charge >= 0.3 is 0 Å². The van der Waals surface area contributed by atoms with Gasteiger partial charge in [-0.05, 0) is 30.9 Å². The van der Waals surface area contributed by atoms with Crippen molar-refractivity contribution in [3.63, 3.8) is 0 Å². The van der Waals surface area contributed by atoms with E-state index >= 15 is 0 Å². The van der Waals surface area contributed by atoms with Crippen LogP contribution in [0.1, 0.15) is 29.3 Å². The Morgan fingerprint density at radius 3 is 2.74 bits per heavy atom. The van der Waals surface area contributed by atoms with E-state index < -0.39 is 0 Å². The van der Waals surface area contributed by atoms with Crippen LogP contribution in [0.3, 0.4) is 0 Å². The number of pyridine rings is 1. The molecule has 0 saturated heterocycles. The van der Waals surface area contributed by atoms with Crippen LogP contribution in [-0.2, 0) is 0 Å². The molecule has 4 aromatic rings. The first kappa shape index (κ1) is 17.4. The van der Waals surface area contributed by atoms with E-state index in [1.54, 1.807) is 11.3 Å². The first-order chi connectivity index (χ1) is 13.2. The lowest BCUT2D eigenvalue weighted by Crippen LogP contribution is -2.24. The summed E-state index contributed by atoms with van der Waals surface area (Å²) in [6.07, 6.45) is 0.867. The maximum absolute atomic E-state index is 12.9. The predicted molar refractivity (Wildman–Crippen MR) is 108 cm³/mol. The second-order valence-electron chi connectivity index (χ2n) is 6.37. The van der Waals surface area contributed by atoms with E-state index in [1.165, 1.54) is 0 Å². The monoisotopic (exact) mass is 377 g/mol. The van der Waals surface area contributed by atoms with Crippen molar-refractivity contribution in [2.24, 2.45) is 0 Å². The molecule has 0 aliphatic heterocycles. The average Bonchev–Trinajstić information content (AvgIpc) is 3.36. The van der Waals surface area contributed by atoms with Crippen LogP contribution in [0.4, 0.5) is 0 Å². The Kier molecular flexibility index (Phi) is 4.73. The van der Waals surface area contributed by atoms with Gasteiger partial charge in [0.05, 0.1) is 21.5 Å². The molecule has 136 valence electrons. The summed E-state index contributed by atoms with van der Waals surface area (Å²) in [5, 5.41) is 9.81. The zero-order valence-corrected chi connectivity index (χ0v) is 16.0. The number of nitrogens with zero attached hydrogens (tertiary/aromatic N) is 2. The summed E-state index contributed by atoms with van der Waals surface area (Å²) in [7, 11) is 0. The van der Waals surface area contributed by atoms with Crippen molar-refractivity contribution in [1.29, 1.82) is 0 Å². The number of aromatic nitrogens is 2. The predicted octanol–water partition coefficient (Wildman–Crippen LogP) is 5.07. The molecule has 0 bridgehead atoms. The zero-order chi connectivity index (χ0) is 18.8. The van der Waals surface area contributed by atoms with E-state index in [0.717, 1.165) is 22.4 Å². The highest BCUT2D eigenvalue weighted by atomic mass is 32.1. The lowest BCUT2D eigenvalue weighted by Gasteiger charge is -2.07. The maximum Gasteiger partial charge on any atom is 0.259 e. The Morgan fingerprint density at radius 1 is 1.22 bits per heavy atom. The van der Waals surface area contributed by atoms with Crippen LogP contribution in [0.15, 0.2) is 52.4 Å². The zero-order valence-electron chi connectivity index (χ0n) is 15.2. The SMILES string of the molecule is CCCNC(=O)c1cc(-c2cccs2)nc2onc(-c3ccc(C)cc3)c12. The van der Waals surface area contributed by atoms with Crippen LogP contribution in [0.25, 0.3) is 32.9 Å². The largest absolute Gasteiger partial charge is 0.352 e. The summed E-state index contributed by atoms with van der Waals surface area (Å²) in [5.74, 6) is -0.140. The third-order valence-corrected chi connectivity index (χ3v) is 5.22. The van der Waals surface area contributed by atoms with Crippen molar-refractivity contribution < 1.29 is 9.32 Å².